The van der Waals surface area contributed by atoms with Gasteiger partial charge in [0.2, 0.25) is 0 Å². The fourth-order valence-corrected chi connectivity index (χ4v) is 2.87. The molecule has 19 heavy (non-hydrogen) atoms. The second-order valence-electron chi connectivity index (χ2n) is 5.17. The molecule has 1 aliphatic carbocycles. The van der Waals surface area contributed by atoms with E-state index >= 15 is 0 Å². The van der Waals surface area contributed by atoms with Crippen LogP contribution in [0.15, 0.2) is 16.6 Å². The highest BCUT2D eigenvalue weighted by Crippen LogP contribution is 2.40. The van der Waals surface area contributed by atoms with E-state index in [0.717, 1.165) is 34.0 Å². The van der Waals surface area contributed by atoms with Gasteiger partial charge in [-0.2, -0.15) is 0 Å². The van der Waals surface area contributed by atoms with Crippen molar-refractivity contribution in [2.24, 2.45) is 11.7 Å². The minimum absolute atomic E-state index is 0.174. The molecule has 0 saturated heterocycles. The Balaban J connectivity index is 1.79. The SMILES string of the molecule is NCC(NCC1CC1)c1cc(Br)c2c(c1)OCCO2. The van der Waals surface area contributed by atoms with Crippen molar-refractivity contribution in [2.75, 3.05) is 26.3 Å². The van der Waals surface area contributed by atoms with Crippen LogP contribution in [0.2, 0.25) is 0 Å². The zero-order chi connectivity index (χ0) is 13.2. The molecule has 1 aromatic rings. The van der Waals surface area contributed by atoms with E-state index in [1.807, 2.05) is 6.07 Å². The minimum Gasteiger partial charge on any atom is -0.486 e. The van der Waals surface area contributed by atoms with Gasteiger partial charge in [0.1, 0.15) is 13.2 Å². The molecule has 1 aliphatic heterocycles. The van der Waals surface area contributed by atoms with E-state index in [1.165, 1.54) is 12.8 Å². The molecule has 3 rings (SSSR count). The van der Waals surface area contributed by atoms with Gasteiger partial charge in [0.15, 0.2) is 11.5 Å². The van der Waals surface area contributed by atoms with Gasteiger partial charge in [-0.3, -0.25) is 0 Å². The first-order chi connectivity index (χ1) is 9.28. The Labute approximate surface area is 121 Å². The van der Waals surface area contributed by atoms with Crippen molar-refractivity contribution in [1.82, 2.24) is 5.32 Å². The highest BCUT2D eigenvalue weighted by Gasteiger charge is 2.24. The predicted molar refractivity (Wildman–Crippen MR) is 77.7 cm³/mol. The van der Waals surface area contributed by atoms with E-state index in [-0.39, 0.29) is 6.04 Å². The average molecular weight is 327 g/mol. The van der Waals surface area contributed by atoms with Crippen LogP contribution < -0.4 is 20.5 Å². The molecule has 1 fully saturated rings. The fraction of sp³-hybridized carbons (Fsp3) is 0.571. The Bertz CT molecular complexity index is 463. The Morgan fingerprint density at radius 1 is 1.32 bits per heavy atom. The third-order valence-electron chi connectivity index (χ3n) is 3.61. The molecule has 1 saturated carbocycles. The number of nitrogens with one attached hydrogen (secondary N) is 1. The lowest BCUT2D eigenvalue weighted by molar-refractivity contribution is 0.170. The summed E-state index contributed by atoms with van der Waals surface area (Å²) in [6.45, 7) is 2.84. The number of fused-ring (bicyclic) bond motifs is 1. The summed E-state index contributed by atoms with van der Waals surface area (Å²) in [5, 5.41) is 3.54. The molecule has 1 aromatic carbocycles. The molecule has 5 heteroatoms. The van der Waals surface area contributed by atoms with E-state index in [0.29, 0.717) is 19.8 Å². The number of halogens is 1. The topological polar surface area (TPSA) is 56.5 Å². The summed E-state index contributed by atoms with van der Waals surface area (Å²) >= 11 is 3.55. The van der Waals surface area contributed by atoms with Gasteiger partial charge >= 0.3 is 0 Å². The van der Waals surface area contributed by atoms with Crippen molar-refractivity contribution in [3.63, 3.8) is 0 Å². The van der Waals surface area contributed by atoms with E-state index < -0.39 is 0 Å². The lowest BCUT2D eigenvalue weighted by atomic mass is 10.1. The molecule has 0 amide bonds. The number of ether oxygens (including phenoxy) is 2. The van der Waals surface area contributed by atoms with Crippen LogP contribution in [0.3, 0.4) is 0 Å². The van der Waals surface area contributed by atoms with Gasteiger partial charge in [0.05, 0.1) is 4.47 Å². The maximum Gasteiger partial charge on any atom is 0.175 e. The summed E-state index contributed by atoms with van der Waals surface area (Å²) in [6, 6.07) is 4.29. The van der Waals surface area contributed by atoms with Gasteiger partial charge in [-0.1, -0.05) is 0 Å². The normalized spacial score (nSPS) is 19.3. The van der Waals surface area contributed by atoms with Crippen LogP contribution in [0.5, 0.6) is 11.5 Å². The Kier molecular flexibility index (Phi) is 3.96. The first-order valence-corrected chi connectivity index (χ1v) is 7.59. The molecule has 104 valence electrons. The lowest BCUT2D eigenvalue weighted by Crippen LogP contribution is -2.30. The number of hydrogen-bond donors (Lipinski definition) is 2. The molecular weight excluding hydrogens is 308 g/mol. The second-order valence-corrected chi connectivity index (χ2v) is 6.02. The van der Waals surface area contributed by atoms with E-state index in [9.17, 15) is 0 Å². The molecule has 1 atom stereocenters. The van der Waals surface area contributed by atoms with Crippen molar-refractivity contribution >= 4 is 15.9 Å². The monoisotopic (exact) mass is 326 g/mol. The van der Waals surface area contributed by atoms with Gasteiger partial charge in [-0.25, -0.2) is 0 Å². The Morgan fingerprint density at radius 2 is 2.11 bits per heavy atom. The zero-order valence-corrected chi connectivity index (χ0v) is 12.4. The summed E-state index contributed by atoms with van der Waals surface area (Å²) in [6.07, 6.45) is 2.68. The molecule has 2 aliphatic rings. The quantitative estimate of drug-likeness (QED) is 0.871. The zero-order valence-electron chi connectivity index (χ0n) is 10.8. The van der Waals surface area contributed by atoms with Crippen molar-refractivity contribution < 1.29 is 9.47 Å². The van der Waals surface area contributed by atoms with Crippen molar-refractivity contribution in [1.29, 1.82) is 0 Å². The predicted octanol–water partition coefficient (Wildman–Crippen LogP) is 2.22. The molecular formula is C14H19BrN2O2. The molecule has 4 nitrogen and oxygen atoms in total. The molecule has 0 bridgehead atoms. The smallest absolute Gasteiger partial charge is 0.175 e. The van der Waals surface area contributed by atoms with Crippen LogP contribution in [0, 0.1) is 5.92 Å². The van der Waals surface area contributed by atoms with Gasteiger partial charge in [-0.15, -0.1) is 0 Å². The Morgan fingerprint density at radius 3 is 2.84 bits per heavy atom. The molecule has 1 unspecified atom stereocenters. The van der Waals surface area contributed by atoms with Crippen LogP contribution in [0.25, 0.3) is 0 Å². The molecule has 0 aromatic heterocycles. The molecule has 0 radical (unpaired) electrons. The summed E-state index contributed by atoms with van der Waals surface area (Å²) in [5.41, 5.74) is 7.04. The van der Waals surface area contributed by atoms with Gasteiger partial charge in [0.25, 0.3) is 0 Å². The van der Waals surface area contributed by atoms with E-state index in [1.54, 1.807) is 0 Å². The van der Waals surface area contributed by atoms with Gasteiger partial charge in [0, 0.05) is 12.6 Å². The van der Waals surface area contributed by atoms with Gasteiger partial charge in [-0.05, 0) is 58.9 Å². The summed E-state index contributed by atoms with van der Waals surface area (Å²) in [4.78, 5) is 0. The number of benzene rings is 1. The highest BCUT2D eigenvalue weighted by molar-refractivity contribution is 9.10. The maximum absolute atomic E-state index is 5.89. The minimum atomic E-state index is 0.174. The van der Waals surface area contributed by atoms with Crippen molar-refractivity contribution in [3.05, 3.63) is 22.2 Å². The maximum atomic E-state index is 5.89. The molecule has 0 spiro atoms. The van der Waals surface area contributed by atoms with Crippen molar-refractivity contribution in [3.8, 4) is 11.5 Å². The van der Waals surface area contributed by atoms with Gasteiger partial charge < -0.3 is 20.5 Å². The summed E-state index contributed by atoms with van der Waals surface area (Å²) < 4.78 is 12.2. The number of rotatable bonds is 5. The van der Waals surface area contributed by atoms with Crippen LogP contribution in [0.4, 0.5) is 0 Å². The third-order valence-corrected chi connectivity index (χ3v) is 4.20. The van der Waals surface area contributed by atoms with E-state index in [2.05, 4.69) is 27.3 Å². The summed E-state index contributed by atoms with van der Waals surface area (Å²) in [5.74, 6) is 2.45. The Hall–Kier alpha value is -0.780. The largest absolute Gasteiger partial charge is 0.486 e. The van der Waals surface area contributed by atoms with Crippen LogP contribution in [-0.4, -0.2) is 26.3 Å². The standard InChI is InChI=1S/C14H19BrN2O2/c15-11-5-10(6-13-14(11)19-4-3-18-13)12(7-16)17-8-9-1-2-9/h5-6,9,12,17H,1-4,7-8,16H2. The first kappa shape index (κ1) is 13.2. The van der Waals surface area contributed by atoms with Crippen LogP contribution in [-0.2, 0) is 0 Å². The summed E-state index contributed by atoms with van der Waals surface area (Å²) in [7, 11) is 0. The first-order valence-electron chi connectivity index (χ1n) is 6.80. The van der Waals surface area contributed by atoms with Crippen LogP contribution >= 0.6 is 15.9 Å². The molecule has 3 N–H and O–H groups in total. The van der Waals surface area contributed by atoms with Crippen molar-refractivity contribution in [2.45, 2.75) is 18.9 Å². The fourth-order valence-electron chi connectivity index (χ4n) is 2.30. The van der Waals surface area contributed by atoms with Crippen LogP contribution in [0.1, 0.15) is 24.4 Å². The molecule has 1 heterocycles. The third kappa shape index (κ3) is 3.04. The number of nitrogens with two attached hydrogens (primary N) is 1. The lowest BCUT2D eigenvalue weighted by Gasteiger charge is -2.23. The average Bonchev–Trinajstić information content (AvgIpc) is 3.24. The van der Waals surface area contributed by atoms with E-state index in [4.69, 9.17) is 15.2 Å². The number of hydrogen-bond acceptors (Lipinski definition) is 4. The second kappa shape index (κ2) is 5.69. The highest BCUT2D eigenvalue weighted by atomic mass is 79.9.